The summed E-state index contributed by atoms with van der Waals surface area (Å²) in [6, 6.07) is 19.6. The van der Waals surface area contributed by atoms with E-state index in [1.807, 2.05) is 48.7 Å². The molecule has 1 atom stereocenters. The van der Waals surface area contributed by atoms with Crippen molar-refractivity contribution in [2.75, 3.05) is 20.3 Å². The molecule has 0 fully saturated rings. The molecule has 3 amide bonds. The third kappa shape index (κ3) is 8.12. The number of hydrogen-bond acceptors (Lipinski definition) is 8. The SMILES string of the molecule is CCOC(=O)C1=C(C)NC(=O)N[C@@H]1c1ccc(OCC(=O)N/N=C/c2cc(C)n(-c3ccc(OCc4ccccc4F)cc3)c2C)c(OC)c1. The van der Waals surface area contributed by atoms with Crippen LogP contribution in [0.5, 0.6) is 17.2 Å². The Bertz CT molecular complexity index is 1950. The zero-order valence-electron chi connectivity index (χ0n) is 28.3. The first kappa shape index (κ1) is 35.2. The Hall–Kier alpha value is -6.11. The van der Waals surface area contributed by atoms with Crippen LogP contribution in [-0.2, 0) is 20.9 Å². The van der Waals surface area contributed by atoms with Crippen molar-refractivity contribution >= 4 is 24.1 Å². The highest BCUT2D eigenvalue weighted by atomic mass is 19.1. The van der Waals surface area contributed by atoms with Crippen molar-refractivity contribution < 1.29 is 37.7 Å². The minimum absolute atomic E-state index is 0.126. The summed E-state index contributed by atoms with van der Waals surface area (Å²) in [5, 5.41) is 9.45. The number of urea groups is 1. The Morgan fingerprint density at radius 1 is 1.00 bits per heavy atom. The van der Waals surface area contributed by atoms with Crippen LogP contribution < -0.4 is 30.3 Å². The van der Waals surface area contributed by atoms with Gasteiger partial charge in [-0.15, -0.1) is 0 Å². The van der Waals surface area contributed by atoms with Crippen LogP contribution in [0.4, 0.5) is 9.18 Å². The Kier molecular flexibility index (Phi) is 11.2. The fourth-order valence-corrected chi connectivity index (χ4v) is 5.54. The zero-order valence-corrected chi connectivity index (χ0v) is 28.3. The third-order valence-corrected chi connectivity index (χ3v) is 7.95. The van der Waals surface area contributed by atoms with E-state index in [1.54, 1.807) is 56.5 Å². The summed E-state index contributed by atoms with van der Waals surface area (Å²) < 4.78 is 38.1. The highest BCUT2D eigenvalue weighted by molar-refractivity contribution is 5.95. The van der Waals surface area contributed by atoms with Gasteiger partial charge in [0.2, 0.25) is 0 Å². The van der Waals surface area contributed by atoms with E-state index in [-0.39, 0.29) is 37.0 Å². The van der Waals surface area contributed by atoms with Crippen LogP contribution in [0.1, 0.15) is 48.0 Å². The Morgan fingerprint density at radius 2 is 1.76 bits per heavy atom. The van der Waals surface area contributed by atoms with Gasteiger partial charge in [-0.1, -0.05) is 24.3 Å². The van der Waals surface area contributed by atoms with Crippen LogP contribution >= 0.6 is 0 Å². The maximum atomic E-state index is 13.9. The number of aryl methyl sites for hydroxylation is 1. The van der Waals surface area contributed by atoms with Gasteiger partial charge >= 0.3 is 12.0 Å². The van der Waals surface area contributed by atoms with E-state index < -0.39 is 23.9 Å². The number of aromatic nitrogens is 1. The molecule has 1 aliphatic rings. The Balaban J connectivity index is 1.18. The number of allylic oxidation sites excluding steroid dienone is 1. The number of benzene rings is 3. The van der Waals surface area contributed by atoms with E-state index in [4.69, 9.17) is 18.9 Å². The average Bonchev–Trinajstić information content (AvgIpc) is 3.38. The van der Waals surface area contributed by atoms with Gasteiger partial charge in [0.1, 0.15) is 18.2 Å². The van der Waals surface area contributed by atoms with Crippen LogP contribution in [0.25, 0.3) is 5.69 Å². The molecule has 50 heavy (non-hydrogen) atoms. The molecule has 0 bridgehead atoms. The van der Waals surface area contributed by atoms with Crippen molar-refractivity contribution in [1.29, 1.82) is 0 Å². The smallest absolute Gasteiger partial charge is 0.338 e. The summed E-state index contributed by atoms with van der Waals surface area (Å²) in [7, 11) is 1.44. The number of hydrazone groups is 1. The number of ether oxygens (including phenoxy) is 4. The van der Waals surface area contributed by atoms with Crippen LogP contribution in [0.3, 0.4) is 0 Å². The first-order valence-electron chi connectivity index (χ1n) is 15.8. The number of esters is 1. The second-order valence-electron chi connectivity index (χ2n) is 11.3. The third-order valence-electron chi connectivity index (χ3n) is 7.95. The number of hydrogen-bond donors (Lipinski definition) is 3. The summed E-state index contributed by atoms with van der Waals surface area (Å²) in [4.78, 5) is 37.5. The van der Waals surface area contributed by atoms with Crippen molar-refractivity contribution in [2.24, 2.45) is 5.10 Å². The summed E-state index contributed by atoms with van der Waals surface area (Å²) in [6.07, 6.45) is 1.56. The zero-order chi connectivity index (χ0) is 35.8. The van der Waals surface area contributed by atoms with Gasteiger partial charge in [0.15, 0.2) is 18.1 Å². The summed E-state index contributed by atoms with van der Waals surface area (Å²) >= 11 is 0. The van der Waals surface area contributed by atoms with Gasteiger partial charge in [-0.25, -0.2) is 19.4 Å². The van der Waals surface area contributed by atoms with Crippen molar-refractivity contribution in [2.45, 2.75) is 40.3 Å². The van der Waals surface area contributed by atoms with Gasteiger partial charge in [-0.05, 0) is 81.8 Å². The normalized spacial score (nSPS) is 14.2. The molecule has 0 unspecified atom stereocenters. The van der Waals surface area contributed by atoms with Gasteiger partial charge in [0, 0.05) is 33.9 Å². The standard InChI is InChI=1S/C37H38FN5O7/c1-6-48-36(45)34-23(3)40-37(46)41-35(34)25-11-16-31(32(18-25)47-5)50-21-33(44)42-39-19-27-17-22(2)43(24(27)4)28-12-14-29(15-13-28)49-20-26-9-7-8-10-30(26)38/h7-19,35H,6,20-21H2,1-5H3,(H,42,44)(H2,40,41,46)/b39-19+/t35-/m1/s1. The van der Waals surface area contributed by atoms with E-state index in [0.717, 1.165) is 22.6 Å². The molecule has 12 nitrogen and oxygen atoms in total. The number of carbonyl (C=O) groups excluding carboxylic acids is 3. The highest BCUT2D eigenvalue weighted by Crippen LogP contribution is 2.34. The summed E-state index contributed by atoms with van der Waals surface area (Å²) in [5.41, 5.74) is 7.73. The molecular formula is C37H38FN5O7. The van der Waals surface area contributed by atoms with E-state index in [1.165, 1.54) is 13.2 Å². The predicted octanol–water partition coefficient (Wildman–Crippen LogP) is 5.54. The van der Waals surface area contributed by atoms with Crippen molar-refractivity contribution in [3.05, 3.63) is 118 Å². The lowest BCUT2D eigenvalue weighted by molar-refractivity contribution is -0.139. The molecule has 0 saturated carbocycles. The van der Waals surface area contributed by atoms with Gasteiger partial charge in [0.25, 0.3) is 5.91 Å². The number of carbonyl (C=O) groups is 3. The van der Waals surface area contributed by atoms with E-state index in [0.29, 0.717) is 28.3 Å². The van der Waals surface area contributed by atoms with Gasteiger partial charge in [-0.2, -0.15) is 5.10 Å². The number of nitrogens with zero attached hydrogens (tertiary/aromatic N) is 2. The summed E-state index contributed by atoms with van der Waals surface area (Å²) in [6.45, 7) is 7.18. The van der Waals surface area contributed by atoms with Crippen molar-refractivity contribution in [3.8, 4) is 22.9 Å². The minimum atomic E-state index is -0.782. The Morgan fingerprint density at radius 3 is 2.48 bits per heavy atom. The lowest BCUT2D eigenvalue weighted by Gasteiger charge is -2.28. The number of nitrogens with one attached hydrogen (secondary N) is 3. The van der Waals surface area contributed by atoms with Gasteiger partial charge < -0.3 is 34.1 Å². The molecule has 0 spiro atoms. The van der Waals surface area contributed by atoms with E-state index in [9.17, 15) is 18.8 Å². The van der Waals surface area contributed by atoms with E-state index in [2.05, 4.69) is 21.2 Å². The molecule has 1 aliphatic heterocycles. The van der Waals surface area contributed by atoms with Crippen molar-refractivity contribution in [1.82, 2.24) is 20.6 Å². The second kappa shape index (κ2) is 15.9. The molecule has 0 saturated heterocycles. The van der Waals surface area contributed by atoms with Crippen LogP contribution in [-0.4, -0.2) is 49.0 Å². The number of amides is 3. The molecule has 4 aromatic rings. The average molecular weight is 684 g/mol. The van der Waals surface area contributed by atoms with E-state index >= 15 is 0 Å². The maximum absolute atomic E-state index is 13.9. The second-order valence-corrected chi connectivity index (χ2v) is 11.3. The number of rotatable bonds is 13. The molecule has 2 heterocycles. The number of halogens is 1. The quantitative estimate of drug-likeness (QED) is 0.0955. The fraction of sp³-hybridized carbons (Fsp3) is 0.243. The molecule has 3 N–H and O–H groups in total. The van der Waals surface area contributed by atoms with Crippen LogP contribution in [0, 0.1) is 19.7 Å². The first-order valence-corrected chi connectivity index (χ1v) is 15.8. The molecule has 0 radical (unpaired) electrons. The number of methoxy groups -OCH3 is 1. The Labute approximate surface area is 288 Å². The van der Waals surface area contributed by atoms with Crippen LogP contribution in [0.15, 0.2) is 89.2 Å². The minimum Gasteiger partial charge on any atom is -0.493 e. The van der Waals surface area contributed by atoms with Crippen molar-refractivity contribution in [3.63, 3.8) is 0 Å². The summed E-state index contributed by atoms with van der Waals surface area (Å²) in [5.74, 6) is -0.172. The largest absolute Gasteiger partial charge is 0.493 e. The van der Waals surface area contributed by atoms with Gasteiger partial charge in [-0.3, -0.25) is 4.79 Å². The highest BCUT2D eigenvalue weighted by Gasteiger charge is 2.32. The van der Waals surface area contributed by atoms with Gasteiger partial charge in [0.05, 0.1) is 31.5 Å². The molecule has 1 aromatic heterocycles. The lowest BCUT2D eigenvalue weighted by atomic mass is 9.95. The molecule has 0 aliphatic carbocycles. The lowest BCUT2D eigenvalue weighted by Crippen LogP contribution is -2.45. The predicted molar refractivity (Wildman–Crippen MR) is 184 cm³/mol. The molecule has 13 heteroatoms. The van der Waals surface area contributed by atoms with Crippen LogP contribution in [0.2, 0.25) is 0 Å². The topological polar surface area (TPSA) is 142 Å². The molecule has 260 valence electrons. The monoisotopic (exact) mass is 683 g/mol. The molecular weight excluding hydrogens is 645 g/mol. The molecule has 3 aromatic carbocycles. The molecule has 5 rings (SSSR count). The fourth-order valence-electron chi connectivity index (χ4n) is 5.54. The maximum Gasteiger partial charge on any atom is 0.338 e. The first-order chi connectivity index (χ1) is 24.1.